The highest BCUT2D eigenvalue weighted by Crippen LogP contribution is 2.33. The first-order chi connectivity index (χ1) is 6.48. The first-order valence-corrected chi connectivity index (χ1v) is 5.95. The second kappa shape index (κ2) is 3.49. The molecule has 2 nitrogen and oxygen atoms in total. The van der Waals surface area contributed by atoms with Crippen LogP contribution in [0.15, 0.2) is 0 Å². The van der Waals surface area contributed by atoms with Crippen LogP contribution < -0.4 is 0 Å². The van der Waals surface area contributed by atoms with Crippen molar-refractivity contribution in [2.45, 2.75) is 57.7 Å². The van der Waals surface area contributed by atoms with Gasteiger partial charge < -0.3 is 4.90 Å². The quantitative estimate of drug-likeness (QED) is 0.584. The lowest BCUT2D eigenvalue weighted by Gasteiger charge is -2.40. The summed E-state index contributed by atoms with van der Waals surface area (Å²) in [6, 6.07) is 1.72. The van der Waals surface area contributed by atoms with Crippen LogP contribution in [0.1, 0.15) is 40.0 Å². The minimum atomic E-state index is 0.352. The van der Waals surface area contributed by atoms with Crippen molar-refractivity contribution < 1.29 is 0 Å². The van der Waals surface area contributed by atoms with Crippen LogP contribution in [-0.2, 0) is 0 Å². The molecule has 2 fully saturated rings. The molecule has 82 valence electrons. The van der Waals surface area contributed by atoms with Gasteiger partial charge in [-0.05, 0) is 47.1 Å². The molecule has 0 radical (unpaired) electrons. The predicted octanol–water partition coefficient (Wildman–Crippen LogP) is 1.95. The molecule has 0 aromatic heterocycles. The van der Waals surface area contributed by atoms with Crippen LogP contribution in [0.5, 0.6) is 0 Å². The fourth-order valence-corrected chi connectivity index (χ4v) is 3.13. The summed E-state index contributed by atoms with van der Waals surface area (Å²) in [5.41, 5.74) is 0.352. The Morgan fingerprint density at radius 1 is 1.00 bits per heavy atom. The van der Waals surface area contributed by atoms with E-state index >= 15 is 0 Å². The first-order valence-electron chi connectivity index (χ1n) is 5.95. The van der Waals surface area contributed by atoms with Crippen LogP contribution in [0.2, 0.25) is 0 Å². The molecule has 14 heavy (non-hydrogen) atoms. The monoisotopic (exact) mass is 196 g/mol. The van der Waals surface area contributed by atoms with Crippen molar-refractivity contribution in [3.63, 3.8) is 0 Å². The van der Waals surface area contributed by atoms with E-state index in [-0.39, 0.29) is 0 Å². The molecule has 2 bridgehead atoms. The lowest BCUT2D eigenvalue weighted by molar-refractivity contribution is 0.0852. The van der Waals surface area contributed by atoms with Gasteiger partial charge in [-0.15, -0.1) is 0 Å². The molecule has 2 heteroatoms. The number of hydrogen-bond donors (Lipinski definition) is 0. The van der Waals surface area contributed by atoms with E-state index in [0.29, 0.717) is 5.54 Å². The minimum Gasteiger partial charge on any atom is -0.302 e. The Labute approximate surface area is 88.3 Å². The van der Waals surface area contributed by atoms with Crippen molar-refractivity contribution in [2.75, 3.05) is 20.1 Å². The molecule has 2 unspecified atom stereocenters. The molecular weight excluding hydrogens is 172 g/mol. The third-order valence-electron chi connectivity index (χ3n) is 4.00. The second-order valence-corrected chi connectivity index (χ2v) is 5.97. The molecule has 0 spiro atoms. The lowest BCUT2D eigenvalue weighted by atomic mass is 10.0. The van der Waals surface area contributed by atoms with Crippen LogP contribution in [0.25, 0.3) is 0 Å². The number of hydrogen-bond acceptors (Lipinski definition) is 2. The molecule has 0 aromatic rings. The molecule has 1 saturated carbocycles. The summed E-state index contributed by atoms with van der Waals surface area (Å²) < 4.78 is 0. The topological polar surface area (TPSA) is 6.48 Å². The van der Waals surface area contributed by atoms with Crippen LogP contribution in [0, 0.1) is 0 Å². The Bertz CT molecular complexity index is 207. The van der Waals surface area contributed by atoms with E-state index in [2.05, 4.69) is 37.6 Å². The average molecular weight is 196 g/mol. The van der Waals surface area contributed by atoms with Gasteiger partial charge in [-0.3, -0.25) is 4.90 Å². The smallest absolute Gasteiger partial charge is 0.0128 e. The summed E-state index contributed by atoms with van der Waals surface area (Å²) in [4.78, 5) is 5.28. The normalized spacial score (nSPS) is 36.0. The van der Waals surface area contributed by atoms with Gasteiger partial charge in [0.05, 0.1) is 0 Å². The van der Waals surface area contributed by atoms with E-state index in [1.54, 1.807) is 0 Å². The molecule has 0 amide bonds. The molecule has 1 saturated heterocycles. The van der Waals surface area contributed by atoms with Gasteiger partial charge in [0.25, 0.3) is 0 Å². The largest absolute Gasteiger partial charge is 0.302 e. The highest BCUT2D eigenvalue weighted by atomic mass is 15.3. The SMILES string of the molecule is CN1CCN(C(C)(C)C)C2CCC1C2. The summed E-state index contributed by atoms with van der Waals surface area (Å²) in [6.45, 7) is 9.56. The van der Waals surface area contributed by atoms with Crippen molar-refractivity contribution >= 4 is 0 Å². The van der Waals surface area contributed by atoms with Crippen LogP contribution in [0.4, 0.5) is 0 Å². The zero-order valence-electron chi connectivity index (χ0n) is 10.1. The maximum Gasteiger partial charge on any atom is 0.0128 e. The summed E-state index contributed by atoms with van der Waals surface area (Å²) in [5.74, 6) is 0. The van der Waals surface area contributed by atoms with Crippen LogP contribution in [-0.4, -0.2) is 47.6 Å². The number of nitrogens with zero attached hydrogens (tertiary/aromatic N) is 2. The fraction of sp³-hybridized carbons (Fsp3) is 1.00. The summed E-state index contributed by atoms with van der Waals surface area (Å²) in [7, 11) is 2.29. The molecule has 1 aliphatic heterocycles. The Hall–Kier alpha value is -0.0800. The van der Waals surface area contributed by atoms with Crippen molar-refractivity contribution in [1.82, 2.24) is 9.80 Å². The highest BCUT2D eigenvalue weighted by Gasteiger charge is 2.38. The van der Waals surface area contributed by atoms with E-state index < -0.39 is 0 Å². The Morgan fingerprint density at radius 3 is 2.29 bits per heavy atom. The summed E-state index contributed by atoms with van der Waals surface area (Å²) in [5, 5.41) is 0. The van der Waals surface area contributed by atoms with Gasteiger partial charge in [0.1, 0.15) is 0 Å². The second-order valence-electron chi connectivity index (χ2n) is 5.97. The van der Waals surface area contributed by atoms with Gasteiger partial charge in [0, 0.05) is 30.7 Å². The molecule has 2 rings (SSSR count). The first kappa shape index (κ1) is 10.4. The van der Waals surface area contributed by atoms with Crippen molar-refractivity contribution in [3.05, 3.63) is 0 Å². The lowest BCUT2D eigenvalue weighted by Crippen LogP contribution is -2.48. The molecule has 1 heterocycles. The van der Waals surface area contributed by atoms with E-state index in [1.165, 1.54) is 32.4 Å². The zero-order chi connectivity index (χ0) is 10.3. The van der Waals surface area contributed by atoms with E-state index in [4.69, 9.17) is 0 Å². The molecule has 0 aromatic carbocycles. The number of fused-ring (bicyclic) bond motifs is 2. The molecule has 2 aliphatic rings. The number of rotatable bonds is 0. The maximum absolute atomic E-state index is 2.72. The van der Waals surface area contributed by atoms with Gasteiger partial charge in [0.2, 0.25) is 0 Å². The Morgan fingerprint density at radius 2 is 1.64 bits per heavy atom. The van der Waals surface area contributed by atoms with Gasteiger partial charge in [-0.2, -0.15) is 0 Å². The van der Waals surface area contributed by atoms with Gasteiger partial charge >= 0.3 is 0 Å². The zero-order valence-corrected chi connectivity index (χ0v) is 10.1. The maximum atomic E-state index is 2.72. The Balaban J connectivity index is 2.13. The van der Waals surface area contributed by atoms with Gasteiger partial charge in [0.15, 0.2) is 0 Å². The third kappa shape index (κ3) is 1.82. The van der Waals surface area contributed by atoms with Gasteiger partial charge in [-0.1, -0.05) is 0 Å². The molecule has 0 N–H and O–H groups in total. The Kier molecular flexibility index (Phi) is 2.61. The van der Waals surface area contributed by atoms with Crippen molar-refractivity contribution in [3.8, 4) is 0 Å². The van der Waals surface area contributed by atoms with E-state index in [1.807, 2.05) is 0 Å². The van der Waals surface area contributed by atoms with Crippen LogP contribution in [0.3, 0.4) is 0 Å². The summed E-state index contributed by atoms with van der Waals surface area (Å²) >= 11 is 0. The van der Waals surface area contributed by atoms with Crippen molar-refractivity contribution in [1.29, 1.82) is 0 Å². The minimum absolute atomic E-state index is 0.352. The van der Waals surface area contributed by atoms with E-state index in [0.717, 1.165) is 12.1 Å². The van der Waals surface area contributed by atoms with Crippen LogP contribution >= 0.6 is 0 Å². The highest BCUT2D eigenvalue weighted by molar-refractivity contribution is 4.95. The number of likely N-dealkylation sites (N-methyl/N-ethyl adjacent to an activating group) is 1. The third-order valence-corrected chi connectivity index (χ3v) is 4.00. The fourth-order valence-electron chi connectivity index (χ4n) is 3.13. The molecular formula is C12H24N2. The van der Waals surface area contributed by atoms with Crippen molar-refractivity contribution in [2.24, 2.45) is 0 Å². The predicted molar refractivity (Wildman–Crippen MR) is 60.5 cm³/mol. The molecule has 2 atom stereocenters. The van der Waals surface area contributed by atoms with Gasteiger partial charge in [-0.25, -0.2) is 0 Å². The average Bonchev–Trinajstić information content (AvgIpc) is 2.43. The standard InChI is InChI=1S/C12H24N2/c1-12(2,3)14-8-7-13(4)10-5-6-11(14)9-10/h10-11H,5-9H2,1-4H3. The summed E-state index contributed by atoms with van der Waals surface area (Å²) in [6.07, 6.45) is 4.22. The molecule has 1 aliphatic carbocycles. The van der Waals surface area contributed by atoms with E-state index in [9.17, 15) is 0 Å².